The molecule has 0 radical (unpaired) electrons. The lowest BCUT2D eigenvalue weighted by atomic mass is 10.2. The predicted octanol–water partition coefficient (Wildman–Crippen LogP) is 3.50. The van der Waals surface area contributed by atoms with E-state index in [0.29, 0.717) is 15.6 Å². The van der Waals surface area contributed by atoms with E-state index in [1.54, 1.807) is 12.1 Å². The van der Waals surface area contributed by atoms with Crippen LogP contribution in [0.2, 0.25) is 10.0 Å². The predicted molar refractivity (Wildman–Crippen MR) is 103 cm³/mol. The zero-order chi connectivity index (χ0) is 20.3. The van der Waals surface area contributed by atoms with Crippen LogP contribution in [0.15, 0.2) is 41.3 Å². The van der Waals surface area contributed by atoms with Crippen LogP contribution < -0.4 is 4.74 Å². The molecule has 2 aromatic rings. The minimum absolute atomic E-state index is 0.0353. The van der Waals surface area contributed by atoms with Gasteiger partial charge >= 0.3 is 5.69 Å². The van der Waals surface area contributed by atoms with E-state index in [1.165, 1.54) is 22.5 Å². The number of benzene rings is 2. The third kappa shape index (κ3) is 4.56. The monoisotopic (exact) mass is 446 g/mol. The fraction of sp³-hybridized carbons (Fsp3) is 0.294. The molecule has 1 heterocycles. The van der Waals surface area contributed by atoms with Crippen LogP contribution in [0.5, 0.6) is 5.75 Å². The highest BCUT2D eigenvalue weighted by molar-refractivity contribution is 7.89. The molecule has 28 heavy (non-hydrogen) atoms. The van der Waals surface area contributed by atoms with Gasteiger partial charge in [0, 0.05) is 34.8 Å². The first kappa shape index (κ1) is 20.8. The molecule has 0 N–H and O–H groups in total. The largest absolute Gasteiger partial charge is 0.482 e. The number of sulfonamides is 1. The van der Waals surface area contributed by atoms with Crippen molar-refractivity contribution in [3.8, 4) is 5.75 Å². The molecule has 0 atom stereocenters. The van der Waals surface area contributed by atoms with E-state index in [9.17, 15) is 18.5 Å². The first-order valence-electron chi connectivity index (χ1n) is 8.22. The highest BCUT2D eigenvalue weighted by atomic mass is 35.5. The second kappa shape index (κ2) is 8.62. The van der Waals surface area contributed by atoms with Crippen molar-refractivity contribution in [1.29, 1.82) is 0 Å². The number of hydrogen-bond acceptors (Lipinski definition) is 6. The van der Waals surface area contributed by atoms with Gasteiger partial charge in [0.05, 0.1) is 23.0 Å². The molecule has 11 heteroatoms. The number of nitro groups is 1. The van der Waals surface area contributed by atoms with Crippen LogP contribution in [0, 0.1) is 10.1 Å². The highest BCUT2D eigenvalue weighted by Crippen LogP contribution is 2.32. The van der Waals surface area contributed by atoms with Crippen LogP contribution in [0.1, 0.15) is 5.56 Å². The van der Waals surface area contributed by atoms with Crippen LogP contribution in [0.3, 0.4) is 0 Å². The maximum absolute atomic E-state index is 12.7. The SMILES string of the molecule is O=[N+]([O-])c1cc(S(=O)(=O)N2CCOCC2)ccc1OCc1ccc(Cl)cc1Cl. The van der Waals surface area contributed by atoms with Gasteiger partial charge in [0.2, 0.25) is 10.0 Å². The molecule has 0 saturated carbocycles. The summed E-state index contributed by atoms with van der Waals surface area (Å²) < 4.78 is 37.3. The van der Waals surface area contributed by atoms with Gasteiger partial charge in [0.15, 0.2) is 5.75 Å². The first-order valence-corrected chi connectivity index (χ1v) is 10.4. The van der Waals surface area contributed by atoms with E-state index < -0.39 is 20.6 Å². The lowest BCUT2D eigenvalue weighted by Crippen LogP contribution is -2.40. The molecule has 0 aromatic heterocycles. The summed E-state index contributed by atoms with van der Waals surface area (Å²) in [4.78, 5) is 10.6. The molecule has 0 unspecified atom stereocenters. The van der Waals surface area contributed by atoms with Crippen molar-refractivity contribution in [2.45, 2.75) is 11.5 Å². The van der Waals surface area contributed by atoms with Gasteiger partial charge in [-0.3, -0.25) is 10.1 Å². The Morgan fingerprint density at radius 1 is 1.14 bits per heavy atom. The Kier molecular flexibility index (Phi) is 6.41. The number of ether oxygens (including phenoxy) is 2. The minimum Gasteiger partial charge on any atom is -0.482 e. The van der Waals surface area contributed by atoms with Gasteiger partial charge in [0.1, 0.15) is 6.61 Å². The molecule has 150 valence electrons. The highest BCUT2D eigenvalue weighted by Gasteiger charge is 2.29. The van der Waals surface area contributed by atoms with E-state index >= 15 is 0 Å². The van der Waals surface area contributed by atoms with Crippen molar-refractivity contribution < 1.29 is 22.8 Å². The first-order chi connectivity index (χ1) is 13.3. The van der Waals surface area contributed by atoms with Crippen molar-refractivity contribution in [2.24, 2.45) is 0 Å². The molecule has 0 amide bonds. The average Bonchev–Trinajstić information content (AvgIpc) is 2.67. The normalized spacial score (nSPS) is 15.4. The van der Waals surface area contributed by atoms with Crippen LogP contribution in [0.25, 0.3) is 0 Å². The Morgan fingerprint density at radius 2 is 1.86 bits per heavy atom. The molecule has 0 spiro atoms. The Balaban J connectivity index is 1.86. The van der Waals surface area contributed by atoms with Gasteiger partial charge in [-0.25, -0.2) is 8.42 Å². The summed E-state index contributed by atoms with van der Waals surface area (Å²) in [6, 6.07) is 8.37. The summed E-state index contributed by atoms with van der Waals surface area (Å²) in [5.74, 6) is -0.0584. The second-order valence-electron chi connectivity index (χ2n) is 5.93. The molecule has 1 saturated heterocycles. The van der Waals surface area contributed by atoms with Crippen molar-refractivity contribution in [3.05, 3.63) is 62.1 Å². The molecule has 1 aliphatic heterocycles. The molecule has 1 fully saturated rings. The maximum Gasteiger partial charge on any atom is 0.312 e. The Labute approximate surface area is 171 Å². The van der Waals surface area contributed by atoms with Crippen molar-refractivity contribution in [1.82, 2.24) is 4.31 Å². The fourth-order valence-corrected chi connectivity index (χ4v) is 4.54. The second-order valence-corrected chi connectivity index (χ2v) is 8.71. The van der Waals surface area contributed by atoms with Crippen molar-refractivity contribution >= 4 is 38.9 Å². The maximum atomic E-state index is 12.7. The molecular weight excluding hydrogens is 431 g/mol. The van der Waals surface area contributed by atoms with Crippen molar-refractivity contribution in [3.63, 3.8) is 0 Å². The third-order valence-corrected chi connectivity index (χ3v) is 6.61. The molecule has 3 rings (SSSR count). The summed E-state index contributed by atoms with van der Waals surface area (Å²) in [7, 11) is -3.86. The summed E-state index contributed by atoms with van der Waals surface area (Å²) in [5, 5.41) is 12.3. The smallest absolute Gasteiger partial charge is 0.312 e. The van der Waals surface area contributed by atoms with Crippen LogP contribution >= 0.6 is 23.2 Å². The Bertz CT molecular complexity index is 993. The van der Waals surface area contributed by atoms with E-state index in [4.69, 9.17) is 32.7 Å². The summed E-state index contributed by atoms with van der Waals surface area (Å²) in [6.07, 6.45) is 0. The van der Waals surface area contributed by atoms with Gasteiger partial charge in [-0.2, -0.15) is 4.31 Å². The lowest BCUT2D eigenvalue weighted by molar-refractivity contribution is -0.386. The fourth-order valence-electron chi connectivity index (χ4n) is 2.65. The topological polar surface area (TPSA) is 99.0 Å². The number of halogens is 2. The quantitative estimate of drug-likeness (QED) is 0.497. The van der Waals surface area contributed by atoms with E-state index in [1.807, 2.05) is 0 Å². The van der Waals surface area contributed by atoms with Gasteiger partial charge < -0.3 is 9.47 Å². The zero-order valence-corrected chi connectivity index (χ0v) is 16.8. The van der Waals surface area contributed by atoms with Crippen LogP contribution in [-0.4, -0.2) is 43.9 Å². The molecule has 2 aromatic carbocycles. The Hall–Kier alpha value is -1.91. The molecule has 0 bridgehead atoms. The van der Waals surface area contributed by atoms with E-state index in [0.717, 1.165) is 6.07 Å². The average molecular weight is 447 g/mol. The van der Waals surface area contributed by atoms with Crippen molar-refractivity contribution in [2.75, 3.05) is 26.3 Å². The van der Waals surface area contributed by atoms with E-state index in [-0.39, 0.29) is 43.6 Å². The molecule has 1 aliphatic rings. The van der Waals surface area contributed by atoms with Crippen LogP contribution in [-0.2, 0) is 21.4 Å². The van der Waals surface area contributed by atoms with Gasteiger partial charge in [-0.15, -0.1) is 0 Å². The minimum atomic E-state index is -3.86. The summed E-state index contributed by atoms with van der Waals surface area (Å²) in [6.45, 7) is 0.925. The third-order valence-electron chi connectivity index (χ3n) is 4.13. The van der Waals surface area contributed by atoms with Gasteiger partial charge in [0.25, 0.3) is 0 Å². The van der Waals surface area contributed by atoms with Gasteiger partial charge in [-0.1, -0.05) is 29.3 Å². The molecule has 8 nitrogen and oxygen atoms in total. The number of nitro benzene ring substituents is 1. The summed E-state index contributed by atoms with van der Waals surface area (Å²) >= 11 is 11.9. The summed E-state index contributed by atoms with van der Waals surface area (Å²) in [5.41, 5.74) is 0.143. The van der Waals surface area contributed by atoms with E-state index in [2.05, 4.69) is 0 Å². The van der Waals surface area contributed by atoms with Gasteiger partial charge in [-0.05, 0) is 24.3 Å². The number of rotatable bonds is 6. The number of nitrogens with zero attached hydrogens (tertiary/aromatic N) is 2. The molecular formula is C17H16Cl2N2O6S. The lowest BCUT2D eigenvalue weighted by Gasteiger charge is -2.26. The number of morpholine rings is 1. The molecule has 0 aliphatic carbocycles. The standard InChI is InChI=1S/C17H16Cl2N2O6S/c18-13-2-1-12(15(19)9-13)11-27-17-4-3-14(10-16(17)21(22)23)28(24,25)20-5-7-26-8-6-20/h1-4,9-10H,5-8,11H2. The zero-order valence-electron chi connectivity index (χ0n) is 14.5. The van der Waals surface area contributed by atoms with Crippen LogP contribution in [0.4, 0.5) is 5.69 Å². The number of hydrogen-bond donors (Lipinski definition) is 0. The Morgan fingerprint density at radius 3 is 2.50 bits per heavy atom.